The summed E-state index contributed by atoms with van der Waals surface area (Å²) in [5.41, 5.74) is 4.31. The average Bonchev–Trinajstić information content (AvgIpc) is 3.11. The maximum absolute atomic E-state index is 6.15. The maximum atomic E-state index is 6.15. The molecule has 0 saturated carbocycles. The Hall–Kier alpha value is -2.98. The van der Waals surface area contributed by atoms with Gasteiger partial charge in [0, 0.05) is 5.02 Å². The number of rotatable bonds is 7. The summed E-state index contributed by atoms with van der Waals surface area (Å²) in [4.78, 5) is 4.84. The third-order valence-corrected chi connectivity index (χ3v) is 5.40. The Kier molecular flexibility index (Phi) is 5.96. The molecule has 0 N–H and O–H groups in total. The lowest BCUT2D eigenvalue weighted by Crippen LogP contribution is -2.16. The number of aryl methyl sites for hydroxylation is 2. The van der Waals surface area contributed by atoms with Gasteiger partial charge >= 0.3 is 0 Å². The van der Waals surface area contributed by atoms with Crippen molar-refractivity contribution < 1.29 is 9.47 Å². The van der Waals surface area contributed by atoms with Gasteiger partial charge in [-0.05, 0) is 68.3 Å². The molecule has 4 nitrogen and oxygen atoms in total. The molecule has 0 spiro atoms. The van der Waals surface area contributed by atoms with Gasteiger partial charge in [-0.2, -0.15) is 0 Å². The SMILES string of the molecule is Cc1cccc(C)c1OCCn1c(C(C)Oc2ccc(Cl)cc2)nc2ccccc21. The van der Waals surface area contributed by atoms with Crippen LogP contribution in [0.15, 0.2) is 66.7 Å². The number of nitrogens with zero attached hydrogens (tertiary/aromatic N) is 2. The molecule has 1 atom stereocenters. The number of hydrogen-bond acceptors (Lipinski definition) is 3. The summed E-state index contributed by atoms with van der Waals surface area (Å²) in [5, 5.41) is 0.686. The van der Waals surface area contributed by atoms with Crippen LogP contribution in [-0.2, 0) is 6.54 Å². The number of imidazole rings is 1. The highest BCUT2D eigenvalue weighted by atomic mass is 35.5. The molecule has 0 aliphatic heterocycles. The highest BCUT2D eigenvalue weighted by Crippen LogP contribution is 2.27. The van der Waals surface area contributed by atoms with Crippen LogP contribution in [0.2, 0.25) is 5.02 Å². The molecule has 30 heavy (non-hydrogen) atoms. The molecule has 0 aliphatic carbocycles. The standard InChI is InChI=1S/C25H25ClN2O2/c1-17-7-6-8-18(2)24(17)29-16-15-28-23-10-5-4-9-22(23)27-25(28)19(3)30-21-13-11-20(26)12-14-21/h4-14,19H,15-16H2,1-3H3. The number of halogens is 1. The van der Waals surface area contributed by atoms with Gasteiger partial charge in [-0.15, -0.1) is 0 Å². The third kappa shape index (κ3) is 4.29. The fourth-order valence-corrected chi connectivity index (χ4v) is 3.80. The van der Waals surface area contributed by atoms with E-state index < -0.39 is 0 Å². The molecule has 0 amide bonds. The Labute approximate surface area is 182 Å². The number of benzene rings is 3. The van der Waals surface area contributed by atoms with Crippen LogP contribution in [0.25, 0.3) is 11.0 Å². The number of hydrogen-bond donors (Lipinski definition) is 0. The van der Waals surface area contributed by atoms with Crippen LogP contribution >= 0.6 is 11.6 Å². The zero-order valence-corrected chi connectivity index (χ0v) is 18.2. The van der Waals surface area contributed by atoms with Gasteiger partial charge in [0.1, 0.15) is 18.1 Å². The van der Waals surface area contributed by atoms with E-state index in [2.05, 4.69) is 42.7 Å². The summed E-state index contributed by atoms with van der Waals surface area (Å²) < 4.78 is 14.5. The lowest BCUT2D eigenvalue weighted by atomic mass is 10.1. The van der Waals surface area contributed by atoms with Gasteiger partial charge in [0.25, 0.3) is 0 Å². The zero-order valence-electron chi connectivity index (χ0n) is 17.4. The second kappa shape index (κ2) is 8.80. The lowest BCUT2D eigenvalue weighted by molar-refractivity contribution is 0.207. The normalized spacial score (nSPS) is 12.1. The summed E-state index contributed by atoms with van der Waals surface area (Å²) in [6.45, 7) is 7.38. The highest BCUT2D eigenvalue weighted by Gasteiger charge is 2.18. The minimum atomic E-state index is -0.223. The van der Waals surface area contributed by atoms with E-state index in [0.29, 0.717) is 18.2 Å². The molecule has 0 saturated heterocycles. The van der Waals surface area contributed by atoms with E-state index in [4.69, 9.17) is 26.1 Å². The number of para-hydroxylation sites is 3. The fourth-order valence-electron chi connectivity index (χ4n) is 3.68. The summed E-state index contributed by atoms with van der Waals surface area (Å²) in [7, 11) is 0. The van der Waals surface area contributed by atoms with E-state index in [1.807, 2.05) is 49.4 Å². The fraction of sp³-hybridized carbons (Fsp3) is 0.240. The van der Waals surface area contributed by atoms with Gasteiger partial charge in [0.05, 0.1) is 17.6 Å². The van der Waals surface area contributed by atoms with Crippen LogP contribution in [0.3, 0.4) is 0 Å². The summed E-state index contributed by atoms with van der Waals surface area (Å²) in [6.07, 6.45) is -0.223. The van der Waals surface area contributed by atoms with E-state index in [-0.39, 0.29) is 6.10 Å². The van der Waals surface area contributed by atoms with Gasteiger partial charge in [0.2, 0.25) is 0 Å². The Morgan fingerprint density at radius 2 is 1.63 bits per heavy atom. The number of ether oxygens (including phenoxy) is 2. The molecule has 4 rings (SSSR count). The second-order valence-electron chi connectivity index (χ2n) is 7.39. The molecule has 0 aliphatic rings. The van der Waals surface area contributed by atoms with E-state index in [9.17, 15) is 0 Å². The molecule has 5 heteroatoms. The number of fused-ring (bicyclic) bond motifs is 1. The predicted octanol–water partition coefficient (Wildman–Crippen LogP) is 6.53. The average molecular weight is 421 g/mol. The minimum absolute atomic E-state index is 0.223. The van der Waals surface area contributed by atoms with Crippen LogP contribution in [0.4, 0.5) is 0 Å². The Morgan fingerprint density at radius 1 is 0.933 bits per heavy atom. The first-order valence-electron chi connectivity index (χ1n) is 10.1. The second-order valence-corrected chi connectivity index (χ2v) is 7.83. The van der Waals surface area contributed by atoms with Crippen molar-refractivity contribution in [3.8, 4) is 11.5 Å². The highest BCUT2D eigenvalue weighted by molar-refractivity contribution is 6.30. The van der Waals surface area contributed by atoms with Crippen LogP contribution in [-0.4, -0.2) is 16.2 Å². The Balaban J connectivity index is 1.57. The van der Waals surface area contributed by atoms with Crippen molar-refractivity contribution in [2.24, 2.45) is 0 Å². The Bertz CT molecular complexity index is 1130. The number of aromatic nitrogens is 2. The molecule has 1 heterocycles. The van der Waals surface area contributed by atoms with E-state index in [0.717, 1.165) is 39.5 Å². The van der Waals surface area contributed by atoms with Crippen LogP contribution < -0.4 is 9.47 Å². The van der Waals surface area contributed by atoms with Crippen molar-refractivity contribution >= 4 is 22.6 Å². The van der Waals surface area contributed by atoms with Crippen molar-refractivity contribution in [2.45, 2.75) is 33.4 Å². The molecule has 0 fully saturated rings. The van der Waals surface area contributed by atoms with E-state index >= 15 is 0 Å². The van der Waals surface area contributed by atoms with Crippen molar-refractivity contribution in [1.29, 1.82) is 0 Å². The van der Waals surface area contributed by atoms with Crippen molar-refractivity contribution in [3.63, 3.8) is 0 Å². The molecule has 0 bridgehead atoms. The van der Waals surface area contributed by atoms with Gasteiger partial charge in [-0.3, -0.25) is 0 Å². The smallest absolute Gasteiger partial charge is 0.153 e. The molecular formula is C25H25ClN2O2. The first-order chi connectivity index (χ1) is 14.5. The van der Waals surface area contributed by atoms with E-state index in [1.165, 1.54) is 0 Å². The zero-order chi connectivity index (χ0) is 21.1. The van der Waals surface area contributed by atoms with Gasteiger partial charge in [-0.25, -0.2) is 4.98 Å². The van der Waals surface area contributed by atoms with Crippen molar-refractivity contribution in [3.05, 3.63) is 88.7 Å². The molecule has 154 valence electrons. The molecule has 3 aromatic carbocycles. The van der Waals surface area contributed by atoms with Crippen LogP contribution in [0.5, 0.6) is 11.5 Å². The molecule has 0 radical (unpaired) electrons. The predicted molar refractivity (Wildman–Crippen MR) is 122 cm³/mol. The summed E-state index contributed by atoms with van der Waals surface area (Å²) in [6, 6.07) is 21.7. The van der Waals surface area contributed by atoms with Gasteiger partial charge in [-0.1, -0.05) is 41.9 Å². The third-order valence-electron chi connectivity index (χ3n) is 5.14. The van der Waals surface area contributed by atoms with Crippen molar-refractivity contribution in [2.75, 3.05) is 6.61 Å². The molecule has 1 aromatic heterocycles. The maximum Gasteiger partial charge on any atom is 0.153 e. The minimum Gasteiger partial charge on any atom is -0.491 e. The summed E-state index contributed by atoms with van der Waals surface area (Å²) in [5.74, 6) is 2.59. The van der Waals surface area contributed by atoms with Crippen LogP contribution in [0, 0.1) is 13.8 Å². The quantitative estimate of drug-likeness (QED) is 0.341. The topological polar surface area (TPSA) is 36.3 Å². The first-order valence-corrected chi connectivity index (χ1v) is 10.5. The summed E-state index contributed by atoms with van der Waals surface area (Å²) >= 11 is 5.99. The van der Waals surface area contributed by atoms with E-state index in [1.54, 1.807) is 0 Å². The van der Waals surface area contributed by atoms with Gasteiger partial charge < -0.3 is 14.0 Å². The monoisotopic (exact) mass is 420 g/mol. The van der Waals surface area contributed by atoms with Crippen LogP contribution in [0.1, 0.15) is 30.0 Å². The molecule has 1 unspecified atom stereocenters. The van der Waals surface area contributed by atoms with Gasteiger partial charge in [0.15, 0.2) is 11.9 Å². The lowest BCUT2D eigenvalue weighted by Gasteiger charge is -2.18. The first kappa shape index (κ1) is 20.3. The van der Waals surface area contributed by atoms with Crippen molar-refractivity contribution in [1.82, 2.24) is 9.55 Å². The molecule has 4 aromatic rings. The molecular weight excluding hydrogens is 396 g/mol. The Morgan fingerprint density at radius 3 is 2.37 bits per heavy atom. The largest absolute Gasteiger partial charge is 0.491 e.